The number of carbonyl (C=O) groups excluding carboxylic acids is 1. The van der Waals surface area contributed by atoms with Crippen molar-refractivity contribution in [1.82, 2.24) is 0 Å². The quantitative estimate of drug-likeness (QED) is 0.400. The average molecular weight is 262 g/mol. The number of ether oxygens (including phenoxy) is 3. The zero-order valence-electron chi connectivity index (χ0n) is 10.7. The van der Waals surface area contributed by atoms with Gasteiger partial charge in [-0.05, 0) is 13.8 Å². The molecule has 0 aromatic rings. The topological polar surface area (TPSA) is 105 Å². The molecule has 18 heavy (non-hydrogen) atoms. The summed E-state index contributed by atoms with van der Waals surface area (Å²) in [7, 11) is 1.16. The molecule has 3 N–H and O–H groups in total. The van der Waals surface area contributed by atoms with Crippen molar-refractivity contribution in [2.75, 3.05) is 7.11 Å². The normalized spacial score (nSPS) is 50.8. The first-order valence-electron chi connectivity index (χ1n) is 5.72. The van der Waals surface area contributed by atoms with E-state index in [1.807, 2.05) is 0 Å². The summed E-state index contributed by atoms with van der Waals surface area (Å²) in [4.78, 5) is 11.5. The van der Waals surface area contributed by atoms with Crippen LogP contribution < -0.4 is 0 Å². The fourth-order valence-electron chi connectivity index (χ4n) is 2.63. The van der Waals surface area contributed by atoms with Crippen molar-refractivity contribution in [1.29, 1.82) is 0 Å². The van der Waals surface area contributed by atoms with Crippen LogP contribution in [0.15, 0.2) is 0 Å². The summed E-state index contributed by atoms with van der Waals surface area (Å²) in [5.74, 6) is -6.76. The third-order valence-electron chi connectivity index (χ3n) is 4.16. The van der Waals surface area contributed by atoms with Gasteiger partial charge in [0.25, 0.3) is 5.79 Å². The highest BCUT2D eigenvalue weighted by molar-refractivity contribution is 5.82. The summed E-state index contributed by atoms with van der Waals surface area (Å²) in [6.07, 6.45) is -1.87. The molecule has 104 valence electrons. The minimum absolute atomic E-state index is 0.382. The van der Waals surface area contributed by atoms with Gasteiger partial charge in [-0.25, -0.2) is 4.79 Å². The Hall–Kier alpha value is -0.730. The molecule has 0 amide bonds. The van der Waals surface area contributed by atoms with Gasteiger partial charge >= 0.3 is 11.8 Å². The van der Waals surface area contributed by atoms with E-state index in [0.29, 0.717) is 0 Å². The molecule has 0 unspecified atom stereocenters. The standard InChI is InChI=1S/C11H18O7/c1-5-6(2)18-11(16-4)7(9(5,3)13)17-8(12)10(11,14)15/h5-7,13-15H,1-4H3/t5-,6+,7-,9+,11+/m0/s1. The summed E-state index contributed by atoms with van der Waals surface area (Å²) in [6.45, 7) is 4.81. The van der Waals surface area contributed by atoms with E-state index in [1.165, 1.54) is 6.92 Å². The molecule has 2 fully saturated rings. The molecule has 7 heteroatoms. The van der Waals surface area contributed by atoms with Gasteiger partial charge in [-0.3, -0.25) is 0 Å². The molecular formula is C11H18O7. The molecule has 2 saturated heterocycles. The van der Waals surface area contributed by atoms with Gasteiger partial charge < -0.3 is 29.5 Å². The van der Waals surface area contributed by atoms with Crippen LogP contribution in [0.5, 0.6) is 0 Å². The molecule has 0 radical (unpaired) electrons. The van der Waals surface area contributed by atoms with Crippen LogP contribution in [0.25, 0.3) is 0 Å². The number of rotatable bonds is 1. The predicted octanol–water partition coefficient (Wildman–Crippen LogP) is -1.26. The first-order chi connectivity index (χ1) is 8.11. The molecule has 7 nitrogen and oxygen atoms in total. The number of hydrogen-bond acceptors (Lipinski definition) is 7. The van der Waals surface area contributed by atoms with Gasteiger partial charge in [-0.2, -0.15) is 0 Å². The second-order valence-corrected chi connectivity index (χ2v) is 5.17. The lowest BCUT2D eigenvalue weighted by molar-refractivity contribution is -0.410. The number of hydrogen-bond donors (Lipinski definition) is 3. The predicted molar refractivity (Wildman–Crippen MR) is 57.1 cm³/mol. The van der Waals surface area contributed by atoms with E-state index in [4.69, 9.17) is 14.2 Å². The summed E-state index contributed by atoms with van der Waals surface area (Å²) >= 11 is 0. The highest BCUT2D eigenvalue weighted by atomic mass is 16.8. The minimum atomic E-state index is -2.95. The fourth-order valence-corrected chi connectivity index (χ4v) is 2.63. The Morgan fingerprint density at radius 3 is 2.33 bits per heavy atom. The van der Waals surface area contributed by atoms with Crippen LogP contribution in [0.4, 0.5) is 0 Å². The number of aliphatic hydroxyl groups is 3. The number of fused-ring (bicyclic) bond motifs is 1. The van der Waals surface area contributed by atoms with E-state index in [9.17, 15) is 20.1 Å². The van der Waals surface area contributed by atoms with Crippen LogP contribution in [0.2, 0.25) is 0 Å². The van der Waals surface area contributed by atoms with Crippen LogP contribution >= 0.6 is 0 Å². The monoisotopic (exact) mass is 262 g/mol. The van der Waals surface area contributed by atoms with E-state index >= 15 is 0 Å². The van der Waals surface area contributed by atoms with Crippen LogP contribution in [-0.4, -0.2) is 57.8 Å². The van der Waals surface area contributed by atoms with Gasteiger partial charge in [-0.1, -0.05) is 6.92 Å². The van der Waals surface area contributed by atoms with Gasteiger partial charge in [0, 0.05) is 13.0 Å². The Morgan fingerprint density at radius 2 is 1.83 bits per heavy atom. The fraction of sp³-hybridized carbons (Fsp3) is 0.909. The maximum atomic E-state index is 11.5. The second-order valence-electron chi connectivity index (χ2n) is 5.17. The molecule has 5 atom stereocenters. The summed E-state index contributed by atoms with van der Waals surface area (Å²) in [5, 5.41) is 30.2. The zero-order chi connectivity index (χ0) is 13.9. The SMILES string of the molecule is CO[C@@]12O[C@H](C)[C@H](C)[C@@](C)(O)[C@@H]1OC(=O)C2(O)O. The van der Waals surface area contributed by atoms with E-state index in [-0.39, 0.29) is 5.92 Å². The van der Waals surface area contributed by atoms with Crippen molar-refractivity contribution in [3.8, 4) is 0 Å². The van der Waals surface area contributed by atoms with Gasteiger partial charge in [0.2, 0.25) is 0 Å². The minimum Gasteiger partial charge on any atom is -0.449 e. The summed E-state index contributed by atoms with van der Waals surface area (Å²) < 4.78 is 15.3. The molecule has 0 bridgehead atoms. The van der Waals surface area contributed by atoms with Gasteiger partial charge in [0.05, 0.1) is 6.10 Å². The maximum Gasteiger partial charge on any atom is 0.373 e. The third kappa shape index (κ3) is 1.33. The van der Waals surface area contributed by atoms with Crippen molar-refractivity contribution < 1.29 is 34.3 Å². The molecule has 0 aromatic heterocycles. The summed E-state index contributed by atoms with van der Waals surface area (Å²) in [6, 6.07) is 0. The lowest BCUT2D eigenvalue weighted by Crippen LogP contribution is -2.72. The van der Waals surface area contributed by atoms with Crippen LogP contribution in [0.3, 0.4) is 0 Å². The molecular weight excluding hydrogens is 244 g/mol. The van der Waals surface area contributed by atoms with Crippen molar-refractivity contribution >= 4 is 5.97 Å². The summed E-state index contributed by atoms with van der Waals surface area (Å²) in [5.41, 5.74) is -1.50. The third-order valence-corrected chi connectivity index (χ3v) is 4.16. The number of esters is 1. The second kappa shape index (κ2) is 3.64. The zero-order valence-corrected chi connectivity index (χ0v) is 10.7. The molecule has 2 aliphatic heterocycles. The molecule has 2 aliphatic rings. The first kappa shape index (κ1) is 13.7. The molecule has 0 spiro atoms. The van der Waals surface area contributed by atoms with Gasteiger partial charge in [0.1, 0.15) is 5.60 Å². The Labute approximate surface area is 104 Å². The van der Waals surface area contributed by atoms with Crippen molar-refractivity contribution in [2.45, 2.75) is 50.2 Å². The van der Waals surface area contributed by atoms with Crippen molar-refractivity contribution in [3.05, 3.63) is 0 Å². The molecule has 0 saturated carbocycles. The van der Waals surface area contributed by atoms with E-state index in [2.05, 4.69) is 0 Å². The van der Waals surface area contributed by atoms with E-state index in [1.54, 1.807) is 13.8 Å². The highest BCUT2D eigenvalue weighted by Crippen LogP contribution is 2.50. The van der Waals surface area contributed by atoms with E-state index < -0.39 is 35.4 Å². The van der Waals surface area contributed by atoms with Crippen molar-refractivity contribution in [2.24, 2.45) is 5.92 Å². The van der Waals surface area contributed by atoms with Gasteiger partial charge in [0.15, 0.2) is 6.10 Å². The van der Waals surface area contributed by atoms with Crippen LogP contribution in [0.1, 0.15) is 20.8 Å². The lowest BCUT2D eigenvalue weighted by Gasteiger charge is -2.51. The largest absolute Gasteiger partial charge is 0.449 e. The molecule has 2 heterocycles. The highest BCUT2D eigenvalue weighted by Gasteiger charge is 2.77. The van der Waals surface area contributed by atoms with Crippen LogP contribution in [0, 0.1) is 5.92 Å². The lowest BCUT2D eigenvalue weighted by atomic mass is 9.75. The smallest absolute Gasteiger partial charge is 0.373 e. The Balaban J connectivity index is 2.56. The maximum absolute atomic E-state index is 11.5. The molecule has 0 aliphatic carbocycles. The number of carbonyl (C=O) groups is 1. The van der Waals surface area contributed by atoms with Gasteiger partial charge in [-0.15, -0.1) is 0 Å². The first-order valence-corrected chi connectivity index (χ1v) is 5.72. The van der Waals surface area contributed by atoms with Crippen LogP contribution in [-0.2, 0) is 19.0 Å². The number of methoxy groups -OCH3 is 1. The van der Waals surface area contributed by atoms with Crippen molar-refractivity contribution in [3.63, 3.8) is 0 Å². The van der Waals surface area contributed by atoms with E-state index in [0.717, 1.165) is 7.11 Å². The Kier molecular flexibility index (Phi) is 2.77. The Morgan fingerprint density at radius 1 is 1.28 bits per heavy atom. The molecule has 0 aromatic carbocycles. The Bertz CT molecular complexity index is 378. The average Bonchev–Trinajstić information content (AvgIpc) is 2.48. The molecule has 2 rings (SSSR count).